The molecule has 0 aromatic heterocycles. The minimum atomic E-state index is -0.188. The second-order valence-electron chi connectivity index (χ2n) is 3.95. The lowest BCUT2D eigenvalue weighted by Crippen LogP contribution is -2.02. The molecule has 0 unspecified atom stereocenters. The molecular weight excluding hydrogens is 209 g/mol. The largest absolute Gasteiger partial charge is 0.326 e. The van der Waals surface area contributed by atoms with E-state index in [1.807, 2.05) is 6.07 Å². The van der Waals surface area contributed by atoms with E-state index in [9.17, 15) is 4.39 Å². The van der Waals surface area contributed by atoms with Gasteiger partial charge in [-0.2, -0.15) is 0 Å². The van der Waals surface area contributed by atoms with Gasteiger partial charge in [-0.15, -0.1) is 11.8 Å². The normalized spacial score (nSPS) is 11.0. The van der Waals surface area contributed by atoms with Gasteiger partial charge in [0, 0.05) is 17.0 Å². The maximum absolute atomic E-state index is 13.3. The molecular formula is C12H18FNS. The summed E-state index contributed by atoms with van der Waals surface area (Å²) in [6.45, 7) is 4.66. The van der Waals surface area contributed by atoms with Crippen molar-refractivity contribution in [2.75, 3.05) is 5.75 Å². The zero-order chi connectivity index (χ0) is 11.3. The summed E-state index contributed by atoms with van der Waals surface area (Å²) < 4.78 is 13.3. The van der Waals surface area contributed by atoms with Crippen molar-refractivity contribution in [1.82, 2.24) is 0 Å². The fourth-order valence-corrected chi connectivity index (χ4v) is 2.62. The van der Waals surface area contributed by atoms with Gasteiger partial charge in [-0.3, -0.25) is 0 Å². The lowest BCUT2D eigenvalue weighted by atomic mass is 10.2. The van der Waals surface area contributed by atoms with Gasteiger partial charge in [-0.25, -0.2) is 4.39 Å². The van der Waals surface area contributed by atoms with E-state index >= 15 is 0 Å². The molecule has 0 heterocycles. The SMILES string of the molecule is CC(C)CCSc1cccc(F)c1CN. The Morgan fingerprint density at radius 2 is 2.13 bits per heavy atom. The highest BCUT2D eigenvalue weighted by Crippen LogP contribution is 2.25. The maximum Gasteiger partial charge on any atom is 0.128 e. The number of thioether (sulfide) groups is 1. The Kier molecular flexibility index (Phi) is 5.12. The van der Waals surface area contributed by atoms with Crippen LogP contribution in [0.1, 0.15) is 25.8 Å². The molecule has 15 heavy (non-hydrogen) atoms. The van der Waals surface area contributed by atoms with Gasteiger partial charge in [0.2, 0.25) is 0 Å². The van der Waals surface area contributed by atoms with Crippen LogP contribution in [-0.4, -0.2) is 5.75 Å². The second-order valence-corrected chi connectivity index (χ2v) is 5.09. The average Bonchev–Trinajstić information content (AvgIpc) is 2.17. The number of hydrogen-bond acceptors (Lipinski definition) is 2. The molecule has 0 radical (unpaired) electrons. The zero-order valence-electron chi connectivity index (χ0n) is 9.29. The van der Waals surface area contributed by atoms with Crippen LogP contribution in [0.4, 0.5) is 4.39 Å². The standard InChI is InChI=1S/C12H18FNS/c1-9(2)6-7-15-12-5-3-4-11(13)10(12)8-14/h3-5,9H,6-8,14H2,1-2H3. The van der Waals surface area contributed by atoms with E-state index < -0.39 is 0 Å². The highest BCUT2D eigenvalue weighted by atomic mass is 32.2. The van der Waals surface area contributed by atoms with E-state index in [-0.39, 0.29) is 12.4 Å². The fraction of sp³-hybridized carbons (Fsp3) is 0.500. The number of rotatable bonds is 5. The Morgan fingerprint density at radius 1 is 1.40 bits per heavy atom. The van der Waals surface area contributed by atoms with Gasteiger partial charge >= 0.3 is 0 Å². The van der Waals surface area contributed by atoms with Gasteiger partial charge in [0.1, 0.15) is 5.82 Å². The Morgan fingerprint density at radius 3 is 2.73 bits per heavy atom. The summed E-state index contributed by atoms with van der Waals surface area (Å²) in [6, 6.07) is 5.15. The Bertz CT molecular complexity index is 312. The van der Waals surface area contributed by atoms with E-state index in [1.165, 1.54) is 6.07 Å². The summed E-state index contributed by atoms with van der Waals surface area (Å²) in [5.74, 6) is 1.52. The molecule has 1 aromatic rings. The van der Waals surface area contributed by atoms with Gasteiger partial charge < -0.3 is 5.73 Å². The molecule has 0 saturated heterocycles. The molecule has 2 N–H and O–H groups in total. The first kappa shape index (κ1) is 12.5. The van der Waals surface area contributed by atoms with Crippen molar-refractivity contribution in [3.63, 3.8) is 0 Å². The molecule has 0 aliphatic heterocycles. The highest BCUT2D eigenvalue weighted by Gasteiger charge is 2.06. The van der Waals surface area contributed by atoms with E-state index in [1.54, 1.807) is 17.8 Å². The molecule has 0 saturated carbocycles. The molecule has 1 nitrogen and oxygen atoms in total. The van der Waals surface area contributed by atoms with Crippen molar-refractivity contribution in [2.24, 2.45) is 11.7 Å². The number of hydrogen-bond donors (Lipinski definition) is 1. The van der Waals surface area contributed by atoms with Crippen LogP contribution in [0.5, 0.6) is 0 Å². The lowest BCUT2D eigenvalue weighted by Gasteiger charge is -2.09. The minimum Gasteiger partial charge on any atom is -0.326 e. The van der Waals surface area contributed by atoms with Crippen LogP contribution < -0.4 is 5.73 Å². The first-order valence-corrected chi connectivity index (χ1v) is 6.24. The third kappa shape index (κ3) is 3.84. The number of nitrogens with two attached hydrogens (primary N) is 1. The van der Waals surface area contributed by atoms with Crippen molar-refractivity contribution in [2.45, 2.75) is 31.7 Å². The van der Waals surface area contributed by atoms with E-state index in [0.29, 0.717) is 11.5 Å². The first-order valence-electron chi connectivity index (χ1n) is 5.25. The van der Waals surface area contributed by atoms with E-state index in [0.717, 1.165) is 17.1 Å². The highest BCUT2D eigenvalue weighted by molar-refractivity contribution is 7.99. The summed E-state index contributed by atoms with van der Waals surface area (Å²) in [4.78, 5) is 0.984. The van der Waals surface area contributed by atoms with Crippen LogP contribution in [0.3, 0.4) is 0 Å². The van der Waals surface area contributed by atoms with Crippen molar-refractivity contribution < 1.29 is 4.39 Å². The van der Waals surface area contributed by atoms with Crippen LogP contribution in [-0.2, 0) is 6.54 Å². The monoisotopic (exact) mass is 227 g/mol. The Balaban J connectivity index is 2.64. The number of halogens is 1. The van der Waals surface area contributed by atoms with Crippen LogP contribution >= 0.6 is 11.8 Å². The molecule has 1 rings (SSSR count). The molecule has 0 spiro atoms. The zero-order valence-corrected chi connectivity index (χ0v) is 10.1. The molecule has 0 bridgehead atoms. The molecule has 1 aromatic carbocycles. The van der Waals surface area contributed by atoms with Crippen molar-refractivity contribution in [3.8, 4) is 0 Å². The van der Waals surface area contributed by atoms with Gasteiger partial charge in [-0.1, -0.05) is 19.9 Å². The third-order valence-corrected chi connectivity index (χ3v) is 3.37. The van der Waals surface area contributed by atoms with Gasteiger partial charge in [0.25, 0.3) is 0 Å². The Hall–Kier alpha value is -0.540. The molecule has 0 amide bonds. The van der Waals surface area contributed by atoms with Crippen molar-refractivity contribution in [3.05, 3.63) is 29.6 Å². The van der Waals surface area contributed by atoms with Crippen LogP contribution in [0.2, 0.25) is 0 Å². The second kappa shape index (κ2) is 6.13. The predicted molar refractivity (Wildman–Crippen MR) is 64.5 cm³/mol. The molecule has 0 atom stereocenters. The quantitative estimate of drug-likeness (QED) is 0.780. The van der Waals surface area contributed by atoms with Crippen LogP contribution in [0.25, 0.3) is 0 Å². The van der Waals surface area contributed by atoms with Crippen molar-refractivity contribution in [1.29, 1.82) is 0 Å². The third-order valence-electron chi connectivity index (χ3n) is 2.23. The first-order chi connectivity index (χ1) is 7.15. The van der Waals surface area contributed by atoms with Gasteiger partial charge in [0.05, 0.1) is 0 Å². The molecule has 84 valence electrons. The van der Waals surface area contributed by atoms with Crippen LogP contribution in [0, 0.1) is 11.7 Å². The fourth-order valence-electron chi connectivity index (χ4n) is 1.28. The summed E-state index contributed by atoms with van der Waals surface area (Å²) in [5.41, 5.74) is 6.17. The van der Waals surface area contributed by atoms with Crippen molar-refractivity contribution >= 4 is 11.8 Å². The molecule has 0 aliphatic rings. The molecule has 0 aliphatic carbocycles. The summed E-state index contributed by atoms with van der Waals surface area (Å²) >= 11 is 1.69. The molecule has 3 heteroatoms. The van der Waals surface area contributed by atoms with Gasteiger partial charge in [0.15, 0.2) is 0 Å². The number of benzene rings is 1. The average molecular weight is 227 g/mol. The van der Waals surface area contributed by atoms with E-state index in [2.05, 4.69) is 13.8 Å². The smallest absolute Gasteiger partial charge is 0.128 e. The van der Waals surface area contributed by atoms with Crippen LogP contribution in [0.15, 0.2) is 23.1 Å². The molecule has 0 fully saturated rings. The topological polar surface area (TPSA) is 26.0 Å². The summed E-state index contributed by atoms with van der Waals surface area (Å²) in [7, 11) is 0. The summed E-state index contributed by atoms with van der Waals surface area (Å²) in [6.07, 6.45) is 1.14. The predicted octanol–water partition coefficient (Wildman–Crippen LogP) is 3.42. The lowest BCUT2D eigenvalue weighted by molar-refractivity contribution is 0.604. The van der Waals surface area contributed by atoms with E-state index in [4.69, 9.17) is 5.73 Å². The Labute approximate surface area is 95.2 Å². The summed E-state index contributed by atoms with van der Waals surface area (Å²) in [5, 5.41) is 0. The maximum atomic E-state index is 13.3. The van der Waals surface area contributed by atoms with Gasteiger partial charge in [-0.05, 0) is 30.2 Å². The minimum absolute atomic E-state index is 0.188.